The first kappa shape index (κ1) is 13.2. The fourth-order valence-electron chi connectivity index (χ4n) is 1.26. The molecule has 0 radical (unpaired) electrons. The number of carbonyl (C=O) groups is 1. The van der Waals surface area contributed by atoms with Gasteiger partial charge in [-0.2, -0.15) is 0 Å². The lowest BCUT2D eigenvalue weighted by molar-refractivity contribution is -0.274. The van der Waals surface area contributed by atoms with Crippen molar-refractivity contribution in [3.63, 3.8) is 0 Å². The van der Waals surface area contributed by atoms with Gasteiger partial charge in [-0.3, -0.25) is 0 Å². The molecule has 1 aromatic heterocycles. The molecule has 0 bridgehead atoms. The Kier molecular flexibility index (Phi) is 3.56. The van der Waals surface area contributed by atoms with E-state index in [9.17, 15) is 18.0 Å². The van der Waals surface area contributed by atoms with E-state index < -0.39 is 30.3 Å². The molecule has 1 aromatic rings. The highest BCUT2D eigenvalue weighted by molar-refractivity contribution is 5.88. The topological polar surface area (TPSA) is 85.4 Å². The molecule has 0 aliphatic heterocycles. The van der Waals surface area contributed by atoms with Crippen LogP contribution in [0.15, 0.2) is 6.07 Å². The zero-order valence-corrected chi connectivity index (χ0v) is 8.71. The molecule has 0 amide bonds. The van der Waals surface area contributed by atoms with Crippen molar-refractivity contribution in [1.82, 2.24) is 4.98 Å². The molecule has 1 rings (SSSR count). The van der Waals surface area contributed by atoms with Crippen LogP contribution in [0.3, 0.4) is 0 Å². The Hall–Kier alpha value is -1.83. The van der Waals surface area contributed by atoms with Crippen LogP contribution in [-0.2, 0) is 6.54 Å². The molecule has 0 saturated carbocycles. The van der Waals surface area contributed by atoms with Gasteiger partial charge in [0.1, 0.15) is 5.75 Å². The minimum absolute atomic E-state index is 0.0962. The molecule has 0 atom stereocenters. The third kappa shape index (κ3) is 3.31. The second kappa shape index (κ2) is 4.58. The molecule has 3 N–H and O–H groups in total. The number of aromatic nitrogens is 1. The number of nitrogens with zero attached hydrogens (tertiary/aromatic N) is 1. The Morgan fingerprint density at radius 2 is 2.18 bits per heavy atom. The van der Waals surface area contributed by atoms with Gasteiger partial charge in [0, 0.05) is 23.9 Å². The van der Waals surface area contributed by atoms with Crippen LogP contribution in [0, 0.1) is 6.92 Å². The Morgan fingerprint density at radius 1 is 1.59 bits per heavy atom. The zero-order chi connectivity index (χ0) is 13.2. The lowest BCUT2D eigenvalue weighted by atomic mass is 10.1. The van der Waals surface area contributed by atoms with Crippen LogP contribution >= 0.6 is 0 Å². The summed E-state index contributed by atoms with van der Waals surface area (Å²) in [5.41, 5.74) is 4.48. The van der Waals surface area contributed by atoms with Gasteiger partial charge in [0.25, 0.3) is 0 Å². The molecule has 0 fully saturated rings. The zero-order valence-electron chi connectivity index (χ0n) is 8.71. The summed E-state index contributed by atoms with van der Waals surface area (Å²) in [6, 6.07) is 0.988. The highest BCUT2D eigenvalue weighted by atomic mass is 19.4. The van der Waals surface area contributed by atoms with Crippen molar-refractivity contribution in [3.8, 4) is 5.75 Å². The summed E-state index contributed by atoms with van der Waals surface area (Å²) < 4.78 is 40.0. The largest absolute Gasteiger partial charge is 0.573 e. The van der Waals surface area contributed by atoms with Crippen molar-refractivity contribution in [2.24, 2.45) is 5.73 Å². The van der Waals surface area contributed by atoms with Gasteiger partial charge in [0.15, 0.2) is 5.69 Å². The van der Waals surface area contributed by atoms with Gasteiger partial charge >= 0.3 is 12.3 Å². The second-order valence-corrected chi connectivity index (χ2v) is 3.15. The van der Waals surface area contributed by atoms with E-state index >= 15 is 0 Å². The van der Waals surface area contributed by atoms with Gasteiger partial charge in [-0.15, -0.1) is 13.2 Å². The Labute approximate surface area is 94.0 Å². The maximum atomic E-state index is 12.1. The summed E-state index contributed by atoms with van der Waals surface area (Å²) >= 11 is 0. The predicted molar refractivity (Wildman–Crippen MR) is 50.5 cm³/mol. The maximum absolute atomic E-state index is 12.1. The number of carboxylic acids is 1. The van der Waals surface area contributed by atoms with E-state index in [1.54, 1.807) is 0 Å². The summed E-state index contributed by atoms with van der Waals surface area (Å²) in [6.07, 6.45) is -4.91. The number of ether oxygens (including phenoxy) is 1. The minimum Gasteiger partial charge on any atom is -0.476 e. The van der Waals surface area contributed by atoms with Gasteiger partial charge in [-0.1, -0.05) is 0 Å². The number of hydrogen-bond donors (Lipinski definition) is 2. The molecular formula is C9H9F3N2O3. The van der Waals surface area contributed by atoms with Crippen LogP contribution < -0.4 is 10.5 Å². The highest BCUT2D eigenvalue weighted by Crippen LogP contribution is 2.28. The smallest absolute Gasteiger partial charge is 0.476 e. The number of halogens is 3. The van der Waals surface area contributed by atoms with Crippen molar-refractivity contribution in [1.29, 1.82) is 0 Å². The number of nitrogens with two attached hydrogens (primary N) is 1. The fourth-order valence-corrected chi connectivity index (χ4v) is 1.26. The molecule has 0 saturated heterocycles. The molecule has 0 aliphatic rings. The van der Waals surface area contributed by atoms with Crippen molar-refractivity contribution in [2.45, 2.75) is 19.8 Å². The molecule has 0 aromatic carbocycles. The van der Waals surface area contributed by atoms with Gasteiger partial charge in [-0.25, -0.2) is 9.78 Å². The van der Waals surface area contributed by atoms with Crippen LogP contribution in [0.25, 0.3) is 0 Å². The highest BCUT2D eigenvalue weighted by Gasteiger charge is 2.33. The first-order valence-electron chi connectivity index (χ1n) is 4.44. The summed E-state index contributed by atoms with van der Waals surface area (Å²) in [5.74, 6) is -2.09. The molecule has 0 unspecified atom stereocenters. The second-order valence-electron chi connectivity index (χ2n) is 3.15. The minimum atomic E-state index is -4.91. The monoisotopic (exact) mass is 250 g/mol. The third-order valence-electron chi connectivity index (χ3n) is 1.84. The molecule has 94 valence electrons. The molecular weight excluding hydrogens is 241 g/mol. The molecule has 5 nitrogen and oxygen atoms in total. The lowest BCUT2D eigenvalue weighted by Gasteiger charge is -2.14. The molecule has 8 heteroatoms. The number of alkyl halides is 3. The van der Waals surface area contributed by atoms with Crippen LogP contribution in [0.2, 0.25) is 0 Å². The van der Waals surface area contributed by atoms with E-state index in [1.165, 1.54) is 6.92 Å². The predicted octanol–water partition coefficient (Wildman–Crippen LogP) is 1.45. The maximum Gasteiger partial charge on any atom is 0.573 e. The van der Waals surface area contributed by atoms with E-state index in [0.717, 1.165) is 6.07 Å². The van der Waals surface area contributed by atoms with Crippen LogP contribution in [0.4, 0.5) is 13.2 Å². The fraction of sp³-hybridized carbons (Fsp3) is 0.333. The van der Waals surface area contributed by atoms with Gasteiger partial charge in [-0.05, 0) is 6.92 Å². The standard InChI is InChI=1S/C9H9F3N2O3/c1-4-2-6(17-9(10,11)12)5(3-13)7(14-4)8(15)16/h2H,3,13H2,1H3,(H,15,16). The number of aromatic carboxylic acids is 1. The van der Waals surface area contributed by atoms with E-state index in [2.05, 4.69) is 9.72 Å². The third-order valence-corrected chi connectivity index (χ3v) is 1.84. The van der Waals surface area contributed by atoms with Crippen molar-refractivity contribution in [3.05, 3.63) is 23.0 Å². The van der Waals surface area contributed by atoms with Crippen molar-refractivity contribution < 1.29 is 27.8 Å². The Balaban J connectivity index is 3.33. The molecule has 0 aliphatic carbocycles. The summed E-state index contributed by atoms with van der Waals surface area (Å²) in [6.45, 7) is 0.941. The van der Waals surface area contributed by atoms with E-state index in [4.69, 9.17) is 10.8 Å². The van der Waals surface area contributed by atoms with Gasteiger partial charge in [0.2, 0.25) is 0 Å². The number of aryl methyl sites for hydroxylation is 1. The van der Waals surface area contributed by atoms with Crippen LogP contribution in [0.1, 0.15) is 21.7 Å². The number of hydrogen-bond acceptors (Lipinski definition) is 4. The van der Waals surface area contributed by atoms with E-state index in [1.807, 2.05) is 0 Å². The molecule has 1 heterocycles. The van der Waals surface area contributed by atoms with E-state index in [-0.39, 0.29) is 11.3 Å². The number of pyridine rings is 1. The Bertz CT molecular complexity index is 446. The SMILES string of the molecule is Cc1cc(OC(F)(F)F)c(CN)c(C(=O)O)n1. The Morgan fingerprint density at radius 3 is 2.59 bits per heavy atom. The van der Waals surface area contributed by atoms with Gasteiger partial charge in [0.05, 0.1) is 0 Å². The average Bonchev–Trinajstić information content (AvgIpc) is 2.14. The van der Waals surface area contributed by atoms with Crippen molar-refractivity contribution in [2.75, 3.05) is 0 Å². The first-order chi connectivity index (χ1) is 7.74. The summed E-state index contributed by atoms with van der Waals surface area (Å²) in [5, 5.41) is 8.79. The average molecular weight is 250 g/mol. The summed E-state index contributed by atoms with van der Waals surface area (Å²) in [4.78, 5) is 14.4. The van der Waals surface area contributed by atoms with Crippen LogP contribution in [-0.4, -0.2) is 22.4 Å². The lowest BCUT2D eigenvalue weighted by Crippen LogP contribution is -2.21. The molecule has 17 heavy (non-hydrogen) atoms. The van der Waals surface area contributed by atoms with Crippen LogP contribution in [0.5, 0.6) is 5.75 Å². The molecule has 0 spiro atoms. The normalized spacial score (nSPS) is 11.4. The first-order valence-corrected chi connectivity index (χ1v) is 4.44. The quantitative estimate of drug-likeness (QED) is 0.847. The van der Waals surface area contributed by atoms with E-state index in [0.29, 0.717) is 0 Å². The number of carboxylic acid groups (broad SMARTS) is 1. The number of rotatable bonds is 3. The summed E-state index contributed by atoms with van der Waals surface area (Å²) in [7, 11) is 0. The van der Waals surface area contributed by atoms with Gasteiger partial charge < -0.3 is 15.6 Å². The van der Waals surface area contributed by atoms with Crippen molar-refractivity contribution >= 4 is 5.97 Å².